The Bertz CT molecular complexity index is 945. The molecule has 0 aliphatic carbocycles. The normalized spacial score (nSPS) is 39.0. The number of fused-ring (bicyclic) bond motifs is 2. The summed E-state index contributed by atoms with van der Waals surface area (Å²) in [5.74, 6) is 1.05. The number of hydrogen-bond acceptors (Lipinski definition) is 6. The molecule has 2 amide bonds. The highest BCUT2D eigenvalue weighted by Crippen LogP contribution is 2.69. The number of rotatable bonds is 1. The minimum Gasteiger partial charge on any atom is -0.486 e. The van der Waals surface area contributed by atoms with Crippen molar-refractivity contribution >= 4 is 23.6 Å². The highest BCUT2D eigenvalue weighted by atomic mass is 32.2. The Morgan fingerprint density at radius 1 is 1.19 bits per heavy atom. The van der Waals surface area contributed by atoms with Crippen LogP contribution in [-0.2, 0) is 9.59 Å². The summed E-state index contributed by atoms with van der Waals surface area (Å²) in [6.45, 7) is 4.57. The van der Waals surface area contributed by atoms with E-state index >= 15 is 0 Å². The summed E-state index contributed by atoms with van der Waals surface area (Å²) in [5.41, 5.74) is -0.0880. The molecule has 4 atom stereocenters. The molecule has 3 fully saturated rings. The van der Waals surface area contributed by atoms with Crippen LogP contribution in [0.1, 0.15) is 31.9 Å². The number of carbonyl (C=O) groups is 2. The maximum atomic E-state index is 13.3. The molecule has 1 aromatic rings. The smallest absolute Gasteiger partial charge is 0.261 e. The van der Waals surface area contributed by atoms with Gasteiger partial charge in [-0.2, -0.15) is 5.26 Å². The summed E-state index contributed by atoms with van der Waals surface area (Å²) in [6, 6.07) is 7.40. The van der Waals surface area contributed by atoms with E-state index in [9.17, 15) is 14.9 Å². The van der Waals surface area contributed by atoms with E-state index in [1.54, 1.807) is 18.9 Å². The lowest BCUT2D eigenvalue weighted by Gasteiger charge is -2.40. The molecule has 4 heterocycles. The Hall–Kier alpha value is -2.40. The minimum atomic E-state index is -1.01. The zero-order valence-corrected chi connectivity index (χ0v) is 16.1. The Balaban J connectivity index is 1.67. The van der Waals surface area contributed by atoms with Crippen molar-refractivity contribution in [3.8, 4) is 17.6 Å². The van der Waals surface area contributed by atoms with Crippen molar-refractivity contribution < 1.29 is 19.1 Å². The molecule has 1 aromatic carbocycles. The molecule has 140 valence electrons. The number of nitriles is 1. The largest absolute Gasteiger partial charge is 0.486 e. The number of thioether (sulfide) groups is 1. The van der Waals surface area contributed by atoms with Crippen molar-refractivity contribution in [2.75, 3.05) is 20.3 Å². The Morgan fingerprint density at radius 2 is 1.89 bits per heavy atom. The summed E-state index contributed by atoms with van der Waals surface area (Å²) in [5, 5.41) is 10.00. The number of hydrogen-bond donors (Lipinski definition) is 0. The zero-order valence-electron chi connectivity index (χ0n) is 15.3. The number of likely N-dealkylation sites (N-methyl/N-ethyl adjacent to an activating group) is 1. The highest BCUT2D eigenvalue weighted by molar-refractivity contribution is 8.04. The van der Waals surface area contributed by atoms with Gasteiger partial charge in [0.15, 0.2) is 21.2 Å². The fraction of sp³-hybridized carbons (Fsp3) is 0.526. The van der Waals surface area contributed by atoms with Crippen LogP contribution in [0.15, 0.2) is 18.2 Å². The molecule has 3 saturated heterocycles. The second kappa shape index (κ2) is 4.90. The van der Waals surface area contributed by atoms with E-state index in [1.807, 2.05) is 25.1 Å². The SMILES string of the molecule is CN1C(=O)[C@@]23C[C@](C)(C#N)[C@H](c4ccc5c(c4)OCCO5)N2C(=O)[C@]1(C)S3. The van der Waals surface area contributed by atoms with Gasteiger partial charge in [0.2, 0.25) is 0 Å². The first-order valence-corrected chi connectivity index (χ1v) is 9.71. The lowest BCUT2D eigenvalue weighted by atomic mass is 9.79. The monoisotopic (exact) mass is 385 g/mol. The van der Waals surface area contributed by atoms with Crippen molar-refractivity contribution in [1.82, 2.24) is 9.80 Å². The molecule has 2 bridgehead atoms. The van der Waals surface area contributed by atoms with Gasteiger partial charge in [-0.1, -0.05) is 17.8 Å². The molecule has 7 nitrogen and oxygen atoms in total. The summed E-state index contributed by atoms with van der Waals surface area (Å²) in [6.07, 6.45) is 0.310. The summed E-state index contributed by atoms with van der Waals surface area (Å²) >= 11 is 1.37. The van der Waals surface area contributed by atoms with E-state index in [0.29, 0.717) is 31.1 Å². The molecule has 4 aliphatic heterocycles. The van der Waals surface area contributed by atoms with Gasteiger partial charge in [-0.15, -0.1) is 0 Å². The van der Waals surface area contributed by atoms with E-state index in [2.05, 4.69) is 6.07 Å². The summed E-state index contributed by atoms with van der Waals surface area (Å²) < 4.78 is 11.3. The predicted molar refractivity (Wildman–Crippen MR) is 96.9 cm³/mol. The quantitative estimate of drug-likeness (QED) is 0.734. The molecule has 0 radical (unpaired) electrons. The van der Waals surface area contributed by atoms with Gasteiger partial charge in [-0.25, -0.2) is 0 Å². The standard InChI is InChI=1S/C19H19N3O4S/c1-17(10-20)9-19-16(24)21(3)18(2,27-19)15(23)22(19)14(17)11-4-5-12-13(8-11)26-7-6-25-12/h4-5,8,14H,6-7,9H2,1-3H3/t14-,17+,18-,19-/m0/s1. The third-order valence-corrected chi connectivity index (χ3v) is 7.96. The Labute approximate surface area is 161 Å². The van der Waals surface area contributed by atoms with Crippen LogP contribution in [0.2, 0.25) is 0 Å². The van der Waals surface area contributed by atoms with Crippen molar-refractivity contribution in [3.63, 3.8) is 0 Å². The van der Waals surface area contributed by atoms with E-state index in [0.717, 1.165) is 5.56 Å². The second-order valence-corrected chi connectivity index (χ2v) is 9.59. The number of carbonyl (C=O) groups excluding carboxylic acids is 2. The molecule has 27 heavy (non-hydrogen) atoms. The van der Waals surface area contributed by atoms with Gasteiger partial charge >= 0.3 is 0 Å². The molecule has 5 rings (SSSR count). The molecular formula is C19H19N3O4S. The van der Waals surface area contributed by atoms with Crippen LogP contribution < -0.4 is 9.47 Å². The van der Waals surface area contributed by atoms with Crippen LogP contribution in [0.5, 0.6) is 11.5 Å². The Kier molecular flexibility index (Phi) is 3.04. The summed E-state index contributed by atoms with van der Waals surface area (Å²) in [7, 11) is 1.67. The van der Waals surface area contributed by atoms with E-state index in [-0.39, 0.29) is 11.8 Å². The average molecular weight is 385 g/mol. The predicted octanol–water partition coefficient (Wildman–Crippen LogP) is 1.89. The van der Waals surface area contributed by atoms with Gasteiger partial charge in [0.25, 0.3) is 11.8 Å². The first kappa shape index (κ1) is 16.8. The number of benzene rings is 1. The molecule has 0 saturated carbocycles. The van der Waals surface area contributed by atoms with Crippen LogP contribution >= 0.6 is 11.8 Å². The van der Waals surface area contributed by atoms with Gasteiger partial charge < -0.3 is 19.3 Å². The van der Waals surface area contributed by atoms with Gasteiger partial charge in [0, 0.05) is 13.5 Å². The van der Waals surface area contributed by atoms with E-state index in [4.69, 9.17) is 9.47 Å². The molecular weight excluding hydrogens is 366 g/mol. The number of amides is 2. The van der Waals surface area contributed by atoms with Crippen molar-refractivity contribution in [3.05, 3.63) is 23.8 Å². The molecule has 4 aliphatic rings. The number of nitrogens with zero attached hydrogens (tertiary/aromatic N) is 3. The maximum absolute atomic E-state index is 13.3. The van der Waals surface area contributed by atoms with Crippen LogP contribution in [0.25, 0.3) is 0 Å². The van der Waals surface area contributed by atoms with E-state index in [1.165, 1.54) is 16.7 Å². The number of piperazine rings is 1. The second-order valence-electron chi connectivity index (χ2n) is 7.92. The van der Waals surface area contributed by atoms with Crippen LogP contribution in [0.3, 0.4) is 0 Å². The van der Waals surface area contributed by atoms with Crippen molar-refractivity contribution in [2.24, 2.45) is 5.41 Å². The van der Waals surface area contributed by atoms with Gasteiger partial charge in [0.1, 0.15) is 13.2 Å². The first-order valence-electron chi connectivity index (χ1n) is 8.90. The van der Waals surface area contributed by atoms with Gasteiger partial charge in [-0.05, 0) is 31.5 Å². The first-order chi connectivity index (χ1) is 12.8. The van der Waals surface area contributed by atoms with Gasteiger partial charge in [0.05, 0.1) is 17.5 Å². The van der Waals surface area contributed by atoms with Gasteiger partial charge in [-0.3, -0.25) is 9.59 Å². The van der Waals surface area contributed by atoms with Crippen molar-refractivity contribution in [1.29, 1.82) is 5.26 Å². The van der Waals surface area contributed by atoms with Crippen molar-refractivity contribution in [2.45, 2.75) is 36.1 Å². The van der Waals surface area contributed by atoms with Crippen LogP contribution in [-0.4, -0.2) is 51.6 Å². The molecule has 0 aromatic heterocycles. The van der Waals surface area contributed by atoms with Crippen LogP contribution in [0.4, 0.5) is 0 Å². The topological polar surface area (TPSA) is 82.9 Å². The average Bonchev–Trinajstić information content (AvgIpc) is 3.14. The molecule has 1 spiro atoms. The lowest BCUT2D eigenvalue weighted by molar-refractivity contribution is -0.159. The molecule has 0 N–H and O–H groups in total. The maximum Gasteiger partial charge on any atom is 0.261 e. The molecule has 0 unspecified atom stereocenters. The minimum absolute atomic E-state index is 0.101. The summed E-state index contributed by atoms with van der Waals surface area (Å²) in [4.78, 5) is 27.7. The third-order valence-electron chi connectivity index (χ3n) is 6.26. The highest BCUT2D eigenvalue weighted by Gasteiger charge is 2.78. The van der Waals surface area contributed by atoms with E-state index < -0.39 is 21.2 Å². The van der Waals surface area contributed by atoms with Crippen LogP contribution in [0, 0.1) is 16.7 Å². The number of ether oxygens (including phenoxy) is 2. The molecule has 8 heteroatoms. The Morgan fingerprint density at radius 3 is 2.59 bits per heavy atom. The zero-order chi connectivity index (χ0) is 19.2. The lowest BCUT2D eigenvalue weighted by Crippen LogP contribution is -2.60. The fourth-order valence-electron chi connectivity index (χ4n) is 4.87. The third kappa shape index (κ3) is 1.78. The fourth-order valence-corrected chi connectivity index (χ4v) is 6.82.